The van der Waals surface area contributed by atoms with Crippen molar-refractivity contribution in [2.24, 2.45) is 5.41 Å². The van der Waals surface area contributed by atoms with Gasteiger partial charge in [0, 0.05) is 13.1 Å². The molecule has 0 radical (unpaired) electrons. The normalized spacial score (nSPS) is 14.2. The van der Waals surface area contributed by atoms with Gasteiger partial charge in [-0.1, -0.05) is 20.8 Å². The average molecular weight is 183 g/mol. The van der Waals surface area contributed by atoms with Crippen molar-refractivity contribution < 1.29 is 0 Å². The van der Waals surface area contributed by atoms with Gasteiger partial charge in [-0.25, -0.2) is 0 Å². The molecule has 0 fully saturated rings. The van der Waals surface area contributed by atoms with Crippen LogP contribution < -0.4 is 5.32 Å². The number of hydrogen-bond acceptors (Lipinski definition) is 3. The molecule has 13 heavy (non-hydrogen) atoms. The van der Waals surface area contributed by atoms with Crippen molar-refractivity contribution in [3.05, 3.63) is 0 Å². The minimum Gasteiger partial charge on any atom is -0.308 e. The molecule has 0 aliphatic heterocycles. The number of likely N-dealkylation sites (N-methyl/N-ethyl adjacent to an activating group) is 1. The Kier molecular flexibility index (Phi) is 4.97. The Bertz CT molecular complexity index is 174. The van der Waals surface area contributed by atoms with Crippen molar-refractivity contribution >= 4 is 0 Å². The van der Waals surface area contributed by atoms with Gasteiger partial charge in [0.05, 0.1) is 6.07 Å². The molecule has 0 heterocycles. The predicted octanol–water partition coefficient (Wildman–Crippen LogP) is 1.08. The molecule has 0 spiro atoms. The highest BCUT2D eigenvalue weighted by atomic mass is 15.1. The molecule has 0 aromatic rings. The minimum atomic E-state index is -0.0625. The van der Waals surface area contributed by atoms with E-state index in [0.717, 1.165) is 13.1 Å². The molecule has 0 bridgehead atoms. The van der Waals surface area contributed by atoms with Crippen LogP contribution in [0.4, 0.5) is 0 Å². The summed E-state index contributed by atoms with van der Waals surface area (Å²) in [6.45, 7) is 8.05. The molecule has 0 amide bonds. The number of rotatable bonds is 4. The maximum Gasteiger partial charge on any atom is 0.100 e. The number of nitriles is 1. The van der Waals surface area contributed by atoms with E-state index in [-0.39, 0.29) is 11.5 Å². The number of hydrogen-bond donors (Lipinski definition) is 1. The Morgan fingerprint density at radius 2 is 1.92 bits per heavy atom. The summed E-state index contributed by atoms with van der Waals surface area (Å²) in [5.74, 6) is 0. The fraction of sp³-hybridized carbons (Fsp3) is 0.900. The first kappa shape index (κ1) is 12.4. The molecule has 0 saturated carbocycles. The third-order valence-electron chi connectivity index (χ3n) is 1.90. The summed E-state index contributed by atoms with van der Waals surface area (Å²) < 4.78 is 0. The van der Waals surface area contributed by atoms with E-state index in [0.29, 0.717) is 0 Å². The quantitative estimate of drug-likeness (QED) is 0.709. The first-order chi connectivity index (χ1) is 5.88. The van der Waals surface area contributed by atoms with Crippen molar-refractivity contribution in [2.45, 2.75) is 26.8 Å². The largest absolute Gasteiger partial charge is 0.308 e. The Hall–Kier alpha value is -0.590. The lowest BCUT2D eigenvalue weighted by Crippen LogP contribution is -2.41. The van der Waals surface area contributed by atoms with E-state index in [4.69, 9.17) is 5.26 Å². The summed E-state index contributed by atoms with van der Waals surface area (Å²) in [5.41, 5.74) is 0.0149. The van der Waals surface area contributed by atoms with Gasteiger partial charge in [-0.15, -0.1) is 0 Å². The van der Waals surface area contributed by atoms with Crippen LogP contribution >= 0.6 is 0 Å². The van der Waals surface area contributed by atoms with Gasteiger partial charge < -0.3 is 10.2 Å². The summed E-state index contributed by atoms with van der Waals surface area (Å²) in [6, 6.07) is 2.22. The highest BCUT2D eigenvalue weighted by molar-refractivity contribution is 4.97. The topological polar surface area (TPSA) is 39.1 Å². The highest BCUT2D eigenvalue weighted by Crippen LogP contribution is 2.17. The summed E-state index contributed by atoms with van der Waals surface area (Å²) in [5, 5.41) is 12.1. The van der Waals surface area contributed by atoms with Crippen molar-refractivity contribution in [1.82, 2.24) is 10.2 Å². The zero-order chi connectivity index (χ0) is 10.5. The monoisotopic (exact) mass is 183 g/mol. The fourth-order valence-electron chi connectivity index (χ4n) is 0.978. The maximum absolute atomic E-state index is 8.90. The molecule has 0 aliphatic carbocycles. The van der Waals surface area contributed by atoms with Crippen molar-refractivity contribution in [3.8, 4) is 6.07 Å². The first-order valence-corrected chi connectivity index (χ1v) is 4.65. The molecule has 1 atom stereocenters. The molecule has 76 valence electrons. The van der Waals surface area contributed by atoms with E-state index in [1.807, 2.05) is 14.1 Å². The zero-order valence-corrected chi connectivity index (χ0v) is 9.39. The molecule has 3 nitrogen and oxygen atoms in total. The molecular weight excluding hydrogens is 162 g/mol. The molecule has 0 aliphatic rings. The summed E-state index contributed by atoms with van der Waals surface area (Å²) >= 11 is 0. The second-order valence-electron chi connectivity index (χ2n) is 4.69. The minimum absolute atomic E-state index is 0.0149. The second kappa shape index (κ2) is 5.21. The van der Waals surface area contributed by atoms with Gasteiger partial charge in [0.15, 0.2) is 0 Å². The van der Waals surface area contributed by atoms with Crippen LogP contribution in [0.5, 0.6) is 0 Å². The van der Waals surface area contributed by atoms with Crippen LogP contribution in [-0.2, 0) is 0 Å². The second-order valence-corrected chi connectivity index (χ2v) is 4.69. The van der Waals surface area contributed by atoms with E-state index in [1.54, 1.807) is 0 Å². The van der Waals surface area contributed by atoms with Crippen LogP contribution in [0.2, 0.25) is 0 Å². The number of nitrogens with one attached hydrogen (secondary N) is 1. The average Bonchev–Trinajstić information content (AvgIpc) is 1.95. The van der Waals surface area contributed by atoms with Crippen LogP contribution in [0.1, 0.15) is 20.8 Å². The van der Waals surface area contributed by atoms with Crippen LogP contribution in [0.15, 0.2) is 0 Å². The van der Waals surface area contributed by atoms with Gasteiger partial charge in [0.1, 0.15) is 6.04 Å². The van der Waals surface area contributed by atoms with Crippen LogP contribution in [0, 0.1) is 16.7 Å². The van der Waals surface area contributed by atoms with E-state index >= 15 is 0 Å². The van der Waals surface area contributed by atoms with Gasteiger partial charge in [-0.2, -0.15) is 5.26 Å². The third-order valence-corrected chi connectivity index (χ3v) is 1.90. The lowest BCUT2D eigenvalue weighted by atomic mass is 9.88. The SMILES string of the molecule is CN(C)CCNC(C#N)C(C)(C)C. The van der Waals surface area contributed by atoms with Crippen molar-refractivity contribution in [1.29, 1.82) is 5.26 Å². The predicted molar refractivity (Wildman–Crippen MR) is 55.4 cm³/mol. The third kappa shape index (κ3) is 5.62. The smallest absolute Gasteiger partial charge is 0.100 e. The van der Waals surface area contributed by atoms with Gasteiger partial charge in [-0.3, -0.25) is 0 Å². The summed E-state index contributed by atoms with van der Waals surface area (Å²) in [4.78, 5) is 2.10. The van der Waals surface area contributed by atoms with Crippen LogP contribution in [-0.4, -0.2) is 38.1 Å². The highest BCUT2D eigenvalue weighted by Gasteiger charge is 2.23. The molecule has 1 N–H and O–H groups in total. The fourth-order valence-corrected chi connectivity index (χ4v) is 0.978. The van der Waals surface area contributed by atoms with Crippen molar-refractivity contribution in [3.63, 3.8) is 0 Å². The lowest BCUT2D eigenvalue weighted by Gasteiger charge is -2.26. The van der Waals surface area contributed by atoms with E-state index in [1.165, 1.54) is 0 Å². The Morgan fingerprint density at radius 1 is 1.38 bits per heavy atom. The van der Waals surface area contributed by atoms with E-state index in [9.17, 15) is 0 Å². The Morgan fingerprint density at radius 3 is 2.23 bits per heavy atom. The standard InChI is InChI=1S/C10H21N3/c1-10(2,3)9(8-11)12-6-7-13(4)5/h9,12H,6-7H2,1-5H3. The van der Waals surface area contributed by atoms with Gasteiger partial charge in [0.25, 0.3) is 0 Å². The molecule has 0 aromatic heterocycles. The Balaban J connectivity index is 3.83. The molecule has 0 aromatic carbocycles. The van der Waals surface area contributed by atoms with Gasteiger partial charge in [0.2, 0.25) is 0 Å². The molecule has 0 saturated heterocycles. The number of nitrogens with zero attached hydrogens (tertiary/aromatic N) is 2. The molecule has 0 rings (SSSR count). The van der Waals surface area contributed by atoms with Crippen molar-refractivity contribution in [2.75, 3.05) is 27.2 Å². The van der Waals surface area contributed by atoms with Crippen LogP contribution in [0.3, 0.4) is 0 Å². The first-order valence-electron chi connectivity index (χ1n) is 4.65. The molecular formula is C10H21N3. The summed E-state index contributed by atoms with van der Waals surface area (Å²) in [6.07, 6.45) is 0. The Labute approximate surface area is 81.7 Å². The lowest BCUT2D eigenvalue weighted by molar-refractivity contribution is 0.304. The summed E-state index contributed by atoms with van der Waals surface area (Å²) in [7, 11) is 4.06. The zero-order valence-electron chi connectivity index (χ0n) is 9.39. The van der Waals surface area contributed by atoms with E-state index in [2.05, 4.69) is 37.1 Å². The van der Waals surface area contributed by atoms with Gasteiger partial charge >= 0.3 is 0 Å². The van der Waals surface area contributed by atoms with Gasteiger partial charge in [-0.05, 0) is 19.5 Å². The maximum atomic E-state index is 8.90. The molecule has 1 unspecified atom stereocenters. The van der Waals surface area contributed by atoms with Crippen LogP contribution in [0.25, 0.3) is 0 Å². The molecule has 3 heteroatoms. The van der Waals surface area contributed by atoms with E-state index < -0.39 is 0 Å².